The average molecular weight is 334 g/mol. The van der Waals surface area contributed by atoms with Gasteiger partial charge in [-0.25, -0.2) is 4.39 Å². The Morgan fingerprint density at radius 2 is 2.04 bits per heavy atom. The smallest absolute Gasteiger partial charge is 0.251 e. The molecule has 1 heterocycles. The largest absolute Gasteiger partial charge is 0.356 e. The fourth-order valence-corrected chi connectivity index (χ4v) is 3.55. The summed E-state index contributed by atoms with van der Waals surface area (Å²) < 4.78 is 19.1. The number of carbonyl (C=O) groups is 2. The number of hydrogen-bond acceptors (Lipinski definition) is 3. The Morgan fingerprint density at radius 1 is 1.29 bits per heavy atom. The quantitative estimate of drug-likeness (QED) is 0.922. The van der Waals surface area contributed by atoms with Crippen molar-refractivity contribution in [1.82, 2.24) is 10.2 Å². The van der Waals surface area contributed by atoms with Crippen LogP contribution in [0.3, 0.4) is 0 Å². The van der Waals surface area contributed by atoms with Crippen molar-refractivity contribution in [2.75, 3.05) is 13.7 Å². The molecule has 0 radical (unpaired) electrons. The van der Waals surface area contributed by atoms with Gasteiger partial charge in [0, 0.05) is 13.1 Å². The lowest BCUT2D eigenvalue weighted by Crippen LogP contribution is -2.54. The number of nitrogens with zero attached hydrogens (tertiary/aromatic N) is 1. The van der Waals surface area contributed by atoms with Gasteiger partial charge in [0.25, 0.3) is 5.91 Å². The average Bonchev–Trinajstić information content (AvgIpc) is 2.58. The minimum atomic E-state index is -0.823. The number of nitrogens with one attached hydrogen (secondary N) is 1. The maximum absolute atomic E-state index is 13.6. The lowest BCUT2D eigenvalue weighted by molar-refractivity contribution is -0.162. The maximum atomic E-state index is 13.6. The minimum Gasteiger partial charge on any atom is -0.356 e. The third-order valence-electron chi connectivity index (χ3n) is 4.88. The molecule has 1 saturated heterocycles. The third kappa shape index (κ3) is 3.59. The molecule has 1 aromatic rings. The Labute approximate surface area is 141 Å². The highest BCUT2D eigenvalue weighted by molar-refractivity contribution is 5.86. The van der Waals surface area contributed by atoms with E-state index in [9.17, 15) is 14.0 Å². The first-order valence-corrected chi connectivity index (χ1v) is 8.49. The summed E-state index contributed by atoms with van der Waals surface area (Å²) in [5.41, 5.74) is 0.564. The van der Waals surface area contributed by atoms with E-state index in [0.717, 1.165) is 25.7 Å². The van der Waals surface area contributed by atoms with E-state index < -0.39 is 18.0 Å². The number of morpholine rings is 1. The number of halogens is 1. The maximum Gasteiger partial charge on any atom is 0.251 e. The lowest BCUT2D eigenvalue weighted by Gasteiger charge is -2.39. The van der Waals surface area contributed by atoms with E-state index in [-0.39, 0.29) is 24.5 Å². The third-order valence-corrected chi connectivity index (χ3v) is 4.88. The van der Waals surface area contributed by atoms with Crippen LogP contribution >= 0.6 is 0 Å². The van der Waals surface area contributed by atoms with Crippen LogP contribution in [-0.2, 0) is 14.3 Å². The van der Waals surface area contributed by atoms with E-state index >= 15 is 0 Å². The summed E-state index contributed by atoms with van der Waals surface area (Å²) in [5, 5.41) is 3.04. The number of carbonyl (C=O) groups excluding carboxylic acids is 2. The number of rotatable bonds is 3. The number of hydrogen-bond donors (Lipinski definition) is 1. The topological polar surface area (TPSA) is 58.6 Å². The summed E-state index contributed by atoms with van der Waals surface area (Å²) in [6, 6.07) is 5.52. The molecular weight excluding hydrogens is 311 g/mol. The van der Waals surface area contributed by atoms with E-state index in [1.165, 1.54) is 23.5 Å². The zero-order valence-corrected chi connectivity index (χ0v) is 13.8. The fraction of sp³-hybridized carbons (Fsp3) is 0.556. The van der Waals surface area contributed by atoms with Crippen LogP contribution in [0.15, 0.2) is 24.3 Å². The first-order valence-electron chi connectivity index (χ1n) is 8.49. The molecule has 1 aromatic carbocycles. The molecule has 1 N–H and O–H groups in total. The summed E-state index contributed by atoms with van der Waals surface area (Å²) in [6.07, 6.45) is 4.55. The van der Waals surface area contributed by atoms with Crippen LogP contribution < -0.4 is 5.32 Å². The number of ether oxygens (including phenoxy) is 1. The molecule has 2 fully saturated rings. The van der Waals surface area contributed by atoms with Crippen molar-refractivity contribution < 1.29 is 18.7 Å². The van der Waals surface area contributed by atoms with Gasteiger partial charge in [-0.15, -0.1) is 0 Å². The molecular formula is C18H23FN2O3. The molecule has 0 aromatic heterocycles. The first-order chi connectivity index (χ1) is 11.6. The van der Waals surface area contributed by atoms with Crippen molar-refractivity contribution in [3.05, 3.63) is 35.6 Å². The normalized spacial score (nSPS) is 25.6. The summed E-state index contributed by atoms with van der Waals surface area (Å²) in [4.78, 5) is 26.2. The number of likely N-dealkylation sites (N-methyl/N-ethyl adjacent to an activating group) is 1. The second-order valence-electron chi connectivity index (χ2n) is 6.58. The standard InChI is InChI=1S/C18H23FN2O3/c1-21-15(22)11-24-17(16(21)12-6-5-7-13(19)10-12)18(23)20-14-8-3-2-4-9-14/h5-7,10,14,16-17H,2-4,8-9,11H2,1H3,(H,20,23)/t16-,17-/m0/s1. The van der Waals surface area contributed by atoms with Crippen LogP contribution in [0.5, 0.6) is 0 Å². The van der Waals surface area contributed by atoms with Gasteiger partial charge in [-0.3, -0.25) is 9.59 Å². The van der Waals surface area contributed by atoms with E-state index in [1.807, 2.05) is 0 Å². The molecule has 6 heteroatoms. The van der Waals surface area contributed by atoms with Crippen LogP contribution in [0, 0.1) is 5.82 Å². The highest BCUT2D eigenvalue weighted by atomic mass is 19.1. The van der Waals surface area contributed by atoms with Gasteiger partial charge in [0.2, 0.25) is 5.91 Å². The minimum absolute atomic E-state index is 0.134. The Morgan fingerprint density at radius 3 is 2.75 bits per heavy atom. The van der Waals surface area contributed by atoms with Crippen LogP contribution in [0.25, 0.3) is 0 Å². The molecule has 2 amide bonds. The monoisotopic (exact) mass is 334 g/mol. The molecule has 0 bridgehead atoms. The van der Waals surface area contributed by atoms with Crippen molar-refractivity contribution in [3.63, 3.8) is 0 Å². The summed E-state index contributed by atoms with van der Waals surface area (Å²) >= 11 is 0. The molecule has 130 valence electrons. The molecule has 0 unspecified atom stereocenters. The van der Waals surface area contributed by atoms with E-state index in [1.54, 1.807) is 19.2 Å². The Balaban J connectivity index is 1.80. The van der Waals surface area contributed by atoms with Gasteiger partial charge >= 0.3 is 0 Å². The van der Waals surface area contributed by atoms with Crippen LogP contribution in [0.2, 0.25) is 0 Å². The molecule has 0 spiro atoms. The SMILES string of the molecule is CN1C(=O)CO[C@H](C(=O)NC2CCCCC2)[C@@H]1c1cccc(F)c1. The highest BCUT2D eigenvalue weighted by Gasteiger charge is 2.40. The summed E-state index contributed by atoms with van der Waals surface area (Å²) in [6.45, 7) is -0.134. The van der Waals surface area contributed by atoms with Crippen molar-refractivity contribution >= 4 is 11.8 Å². The van der Waals surface area contributed by atoms with Gasteiger partial charge in [-0.2, -0.15) is 0 Å². The zero-order chi connectivity index (χ0) is 17.1. The molecule has 3 rings (SSSR count). The van der Waals surface area contributed by atoms with Gasteiger partial charge in [-0.05, 0) is 30.5 Å². The molecule has 1 saturated carbocycles. The van der Waals surface area contributed by atoms with Gasteiger partial charge in [0.1, 0.15) is 12.4 Å². The van der Waals surface area contributed by atoms with Gasteiger partial charge < -0.3 is 15.0 Å². The summed E-state index contributed by atoms with van der Waals surface area (Å²) in [5.74, 6) is -0.841. The molecule has 1 aliphatic heterocycles. The lowest BCUT2D eigenvalue weighted by atomic mass is 9.94. The van der Waals surface area contributed by atoms with E-state index in [4.69, 9.17) is 4.74 Å². The van der Waals surface area contributed by atoms with Crippen molar-refractivity contribution in [1.29, 1.82) is 0 Å². The Bertz CT molecular complexity index is 616. The first kappa shape index (κ1) is 16.9. The van der Waals surface area contributed by atoms with E-state index in [2.05, 4.69) is 5.32 Å². The zero-order valence-electron chi connectivity index (χ0n) is 13.8. The van der Waals surface area contributed by atoms with Crippen molar-refractivity contribution in [2.24, 2.45) is 0 Å². The molecule has 24 heavy (non-hydrogen) atoms. The second kappa shape index (κ2) is 7.30. The van der Waals surface area contributed by atoms with Gasteiger partial charge in [-0.1, -0.05) is 31.4 Å². The molecule has 5 nitrogen and oxygen atoms in total. The highest BCUT2D eigenvalue weighted by Crippen LogP contribution is 2.30. The molecule has 2 aliphatic rings. The molecule has 1 aliphatic carbocycles. The fourth-order valence-electron chi connectivity index (χ4n) is 3.55. The predicted molar refractivity (Wildman–Crippen MR) is 86.7 cm³/mol. The van der Waals surface area contributed by atoms with Crippen LogP contribution in [-0.4, -0.2) is 42.5 Å². The van der Waals surface area contributed by atoms with Crippen molar-refractivity contribution in [3.8, 4) is 0 Å². The number of amides is 2. The second-order valence-corrected chi connectivity index (χ2v) is 6.58. The van der Waals surface area contributed by atoms with E-state index in [0.29, 0.717) is 5.56 Å². The molecule has 2 atom stereocenters. The van der Waals surface area contributed by atoms with Crippen LogP contribution in [0.4, 0.5) is 4.39 Å². The van der Waals surface area contributed by atoms with Gasteiger partial charge in [0.05, 0.1) is 6.04 Å². The Kier molecular flexibility index (Phi) is 5.14. The van der Waals surface area contributed by atoms with Gasteiger partial charge in [0.15, 0.2) is 6.10 Å². The Hall–Kier alpha value is -1.95. The number of benzene rings is 1. The predicted octanol–water partition coefficient (Wildman–Crippen LogP) is 2.17. The van der Waals surface area contributed by atoms with Crippen LogP contribution in [0.1, 0.15) is 43.7 Å². The van der Waals surface area contributed by atoms with Crippen molar-refractivity contribution in [2.45, 2.75) is 50.3 Å². The summed E-state index contributed by atoms with van der Waals surface area (Å²) in [7, 11) is 1.63.